The van der Waals surface area contributed by atoms with Crippen LogP contribution >= 0.6 is 11.8 Å². The van der Waals surface area contributed by atoms with Gasteiger partial charge in [0.1, 0.15) is 5.76 Å². The maximum Gasteiger partial charge on any atom is 0.308 e. The predicted octanol–water partition coefficient (Wildman–Crippen LogP) is 1.85. The van der Waals surface area contributed by atoms with Crippen LogP contribution < -0.4 is 0 Å². The third-order valence-corrected chi connectivity index (χ3v) is 4.72. The number of aryl methyl sites for hydroxylation is 2. The zero-order valence-electron chi connectivity index (χ0n) is 12.3. The molecule has 2 rings (SSSR count). The minimum atomic E-state index is -0.809. The predicted molar refractivity (Wildman–Crippen MR) is 79.1 cm³/mol. The van der Waals surface area contributed by atoms with Crippen LogP contribution in [-0.4, -0.2) is 45.9 Å². The van der Waals surface area contributed by atoms with Gasteiger partial charge in [0.25, 0.3) is 0 Å². The van der Waals surface area contributed by atoms with Crippen LogP contribution in [0.15, 0.2) is 4.52 Å². The number of hydrogen-bond acceptors (Lipinski definition) is 5. The molecular weight excluding hydrogens is 292 g/mol. The fourth-order valence-corrected chi connectivity index (χ4v) is 3.52. The van der Waals surface area contributed by atoms with E-state index in [4.69, 9.17) is 9.63 Å². The Labute approximate surface area is 127 Å². The number of carbonyl (C=O) groups excluding carboxylic acids is 1. The highest BCUT2D eigenvalue weighted by Crippen LogP contribution is 2.21. The van der Waals surface area contributed by atoms with Gasteiger partial charge in [-0.05, 0) is 26.7 Å². The molecule has 7 heteroatoms. The summed E-state index contributed by atoms with van der Waals surface area (Å²) < 4.78 is 5.09. The summed E-state index contributed by atoms with van der Waals surface area (Å²) in [6.45, 7) is 4.74. The van der Waals surface area contributed by atoms with E-state index in [1.165, 1.54) is 11.8 Å². The Bertz CT molecular complexity index is 510. The molecule has 1 fully saturated rings. The average Bonchev–Trinajstić information content (AvgIpc) is 2.79. The van der Waals surface area contributed by atoms with E-state index in [-0.39, 0.29) is 5.91 Å². The maximum absolute atomic E-state index is 12.1. The van der Waals surface area contributed by atoms with Crippen molar-refractivity contribution in [3.63, 3.8) is 0 Å². The Hall–Kier alpha value is -1.50. The van der Waals surface area contributed by atoms with E-state index >= 15 is 0 Å². The normalized spacial score (nSPS) is 18.8. The second kappa shape index (κ2) is 6.98. The summed E-state index contributed by atoms with van der Waals surface area (Å²) in [5, 5.41) is 12.9. The molecule has 21 heavy (non-hydrogen) atoms. The number of nitrogens with zero attached hydrogens (tertiary/aromatic N) is 2. The zero-order valence-corrected chi connectivity index (χ0v) is 13.1. The molecule has 0 aromatic carbocycles. The van der Waals surface area contributed by atoms with Crippen LogP contribution in [0.2, 0.25) is 0 Å². The molecule has 0 aliphatic carbocycles. The van der Waals surface area contributed by atoms with Gasteiger partial charge in [0.05, 0.1) is 17.4 Å². The summed E-state index contributed by atoms with van der Waals surface area (Å²) in [6, 6.07) is 0. The van der Waals surface area contributed by atoms with Gasteiger partial charge in [0.2, 0.25) is 5.91 Å². The molecule has 1 atom stereocenters. The van der Waals surface area contributed by atoms with Crippen molar-refractivity contribution in [3.05, 3.63) is 17.0 Å². The molecule has 0 radical (unpaired) electrons. The molecule has 1 aliphatic rings. The number of hydrogen-bond donors (Lipinski definition) is 1. The topological polar surface area (TPSA) is 83.6 Å². The fraction of sp³-hybridized carbons (Fsp3) is 0.643. The summed E-state index contributed by atoms with van der Waals surface area (Å²) >= 11 is 1.51. The Morgan fingerprint density at radius 3 is 2.86 bits per heavy atom. The van der Waals surface area contributed by atoms with Crippen molar-refractivity contribution in [1.82, 2.24) is 10.1 Å². The lowest BCUT2D eigenvalue weighted by Gasteiger charge is -2.30. The second-order valence-corrected chi connectivity index (χ2v) is 6.30. The van der Waals surface area contributed by atoms with E-state index in [0.29, 0.717) is 31.0 Å². The third kappa shape index (κ3) is 4.00. The van der Waals surface area contributed by atoms with Crippen LogP contribution in [0.1, 0.15) is 29.9 Å². The van der Waals surface area contributed by atoms with E-state index in [1.807, 2.05) is 13.8 Å². The van der Waals surface area contributed by atoms with Crippen molar-refractivity contribution < 1.29 is 19.2 Å². The van der Waals surface area contributed by atoms with Gasteiger partial charge in [-0.3, -0.25) is 9.59 Å². The molecule has 0 bridgehead atoms. The lowest BCUT2D eigenvalue weighted by molar-refractivity contribution is -0.145. The first kappa shape index (κ1) is 15.9. The zero-order chi connectivity index (χ0) is 15.4. The molecule has 1 unspecified atom stereocenters. The van der Waals surface area contributed by atoms with Crippen LogP contribution in [0.3, 0.4) is 0 Å². The minimum absolute atomic E-state index is 0.0118. The number of carboxylic acid groups (broad SMARTS) is 1. The van der Waals surface area contributed by atoms with Crippen molar-refractivity contribution in [1.29, 1.82) is 0 Å². The Morgan fingerprint density at radius 1 is 1.48 bits per heavy atom. The first-order valence-corrected chi connectivity index (χ1v) is 8.14. The van der Waals surface area contributed by atoms with Crippen molar-refractivity contribution >= 4 is 23.6 Å². The van der Waals surface area contributed by atoms with Crippen molar-refractivity contribution in [3.8, 4) is 0 Å². The molecule has 1 aromatic heterocycles. The smallest absolute Gasteiger partial charge is 0.308 e. The molecule has 0 spiro atoms. The quantitative estimate of drug-likeness (QED) is 0.893. The summed E-state index contributed by atoms with van der Waals surface area (Å²) in [6.07, 6.45) is 1.42. The number of rotatable bonds is 5. The molecule has 0 saturated carbocycles. The summed E-state index contributed by atoms with van der Waals surface area (Å²) in [4.78, 5) is 24.8. The first-order valence-electron chi connectivity index (χ1n) is 6.99. The van der Waals surface area contributed by atoms with E-state index in [9.17, 15) is 9.59 Å². The van der Waals surface area contributed by atoms with E-state index < -0.39 is 11.9 Å². The van der Waals surface area contributed by atoms with Crippen molar-refractivity contribution in [2.45, 2.75) is 32.4 Å². The Balaban J connectivity index is 1.80. The lowest BCUT2D eigenvalue weighted by Crippen LogP contribution is -2.43. The molecular formula is C14H20N2O4S. The molecule has 1 aliphatic heterocycles. The van der Waals surface area contributed by atoms with Crippen LogP contribution in [0.25, 0.3) is 0 Å². The van der Waals surface area contributed by atoms with Crippen LogP contribution in [0.4, 0.5) is 0 Å². The highest BCUT2D eigenvalue weighted by Gasteiger charge is 2.27. The standard InChI is InChI=1S/C14H20N2O4S/c1-9-12(10(2)20-15-9)7-21-8-13(17)16-5-3-4-11(6-16)14(18)19/h11H,3-8H2,1-2H3,(H,18,19). The van der Waals surface area contributed by atoms with Crippen molar-refractivity contribution in [2.24, 2.45) is 5.92 Å². The number of carbonyl (C=O) groups is 2. The molecule has 2 heterocycles. The van der Waals surface area contributed by atoms with Gasteiger partial charge in [-0.25, -0.2) is 0 Å². The van der Waals surface area contributed by atoms with Gasteiger partial charge in [0.15, 0.2) is 0 Å². The monoisotopic (exact) mass is 312 g/mol. The van der Waals surface area contributed by atoms with Crippen LogP contribution in [-0.2, 0) is 15.3 Å². The number of aromatic nitrogens is 1. The summed E-state index contributed by atoms with van der Waals surface area (Å²) in [5.41, 5.74) is 1.89. The number of carboxylic acids is 1. The van der Waals surface area contributed by atoms with Crippen molar-refractivity contribution in [2.75, 3.05) is 18.8 Å². The summed E-state index contributed by atoms with van der Waals surface area (Å²) in [7, 11) is 0. The van der Waals surface area contributed by atoms with Gasteiger partial charge < -0.3 is 14.5 Å². The first-order chi connectivity index (χ1) is 9.99. The second-order valence-electron chi connectivity index (χ2n) is 5.31. The Kier molecular flexibility index (Phi) is 5.27. The van der Waals surface area contributed by atoms with Gasteiger partial charge in [0, 0.05) is 24.4 Å². The summed E-state index contributed by atoms with van der Waals surface area (Å²) in [5.74, 6) is 0.611. The molecule has 1 saturated heterocycles. The number of piperidine rings is 1. The van der Waals surface area contributed by atoms with E-state index in [1.54, 1.807) is 4.90 Å². The number of amides is 1. The lowest BCUT2D eigenvalue weighted by atomic mass is 9.98. The number of likely N-dealkylation sites (tertiary alicyclic amines) is 1. The minimum Gasteiger partial charge on any atom is -0.481 e. The van der Waals surface area contributed by atoms with Gasteiger partial charge >= 0.3 is 5.97 Å². The largest absolute Gasteiger partial charge is 0.481 e. The van der Waals surface area contributed by atoms with Crippen LogP contribution in [0, 0.1) is 19.8 Å². The fourth-order valence-electron chi connectivity index (χ4n) is 2.44. The SMILES string of the molecule is Cc1noc(C)c1CSCC(=O)N1CCCC(C(=O)O)C1. The molecule has 1 aromatic rings. The third-order valence-electron chi connectivity index (χ3n) is 3.78. The maximum atomic E-state index is 12.1. The Morgan fingerprint density at radius 2 is 2.24 bits per heavy atom. The van der Waals surface area contributed by atoms with Gasteiger partial charge in [-0.15, -0.1) is 11.8 Å². The molecule has 1 N–H and O–H groups in total. The molecule has 116 valence electrons. The van der Waals surface area contributed by atoms with Gasteiger partial charge in [-0.2, -0.15) is 0 Å². The van der Waals surface area contributed by atoms with E-state index in [2.05, 4.69) is 5.16 Å². The highest BCUT2D eigenvalue weighted by atomic mass is 32.2. The molecule has 6 nitrogen and oxygen atoms in total. The number of thioether (sulfide) groups is 1. The average molecular weight is 312 g/mol. The molecule has 1 amide bonds. The van der Waals surface area contributed by atoms with Gasteiger partial charge in [-0.1, -0.05) is 5.16 Å². The number of aliphatic carboxylic acids is 1. The van der Waals surface area contributed by atoms with Crippen LogP contribution in [0.5, 0.6) is 0 Å². The van der Waals surface area contributed by atoms with E-state index in [0.717, 1.165) is 23.4 Å². The highest BCUT2D eigenvalue weighted by molar-refractivity contribution is 7.99.